The maximum absolute atomic E-state index is 13.2. The number of carbonyl (C=O) groups is 2. The van der Waals surface area contributed by atoms with Crippen LogP contribution in [0.4, 0.5) is 5.69 Å². The van der Waals surface area contributed by atoms with Crippen molar-refractivity contribution < 1.29 is 19.1 Å². The van der Waals surface area contributed by atoms with Crippen molar-refractivity contribution in [3.63, 3.8) is 0 Å². The fraction of sp³-hybridized carbons (Fsp3) is 0.258. The highest BCUT2D eigenvalue weighted by Gasteiger charge is 2.33. The molecule has 214 valence electrons. The van der Waals surface area contributed by atoms with Gasteiger partial charge < -0.3 is 20.1 Å². The van der Waals surface area contributed by atoms with Gasteiger partial charge in [-0.2, -0.15) is 0 Å². The van der Waals surface area contributed by atoms with Crippen LogP contribution in [0.3, 0.4) is 0 Å². The Morgan fingerprint density at radius 3 is 2.15 bits per heavy atom. The van der Waals surface area contributed by atoms with Crippen LogP contribution in [0, 0.1) is 0 Å². The van der Waals surface area contributed by atoms with Crippen LogP contribution in [0.15, 0.2) is 77.7 Å². The number of nitrogens with two attached hydrogens (primary N) is 1. The monoisotopic (exact) mass is 609 g/mol. The van der Waals surface area contributed by atoms with E-state index < -0.39 is 5.91 Å². The molecule has 0 aromatic heterocycles. The summed E-state index contributed by atoms with van der Waals surface area (Å²) in [7, 11) is 0. The number of likely N-dealkylation sites (tertiary alicyclic amines) is 1. The van der Waals surface area contributed by atoms with Crippen LogP contribution in [-0.2, 0) is 4.79 Å². The first-order chi connectivity index (χ1) is 19.5. The zero-order valence-electron chi connectivity index (χ0n) is 22.5. The van der Waals surface area contributed by atoms with Gasteiger partial charge in [-0.05, 0) is 105 Å². The lowest BCUT2D eigenvalue weighted by Crippen LogP contribution is -2.31. The van der Waals surface area contributed by atoms with Crippen molar-refractivity contribution in [2.24, 2.45) is 5.73 Å². The van der Waals surface area contributed by atoms with Crippen molar-refractivity contribution in [2.75, 3.05) is 31.1 Å². The van der Waals surface area contributed by atoms with E-state index in [-0.39, 0.29) is 18.3 Å². The maximum Gasteiger partial charge on any atom is 0.270 e. The van der Waals surface area contributed by atoms with Crippen molar-refractivity contribution >= 4 is 64.3 Å². The number of hydrogen-bond donors (Lipinski definition) is 1. The smallest absolute Gasteiger partial charge is 0.270 e. The minimum Gasteiger partial charge on any atom is -0.494 e. The van der Waals surface area contributed by atoms with Gasteiger partial charge in [-0.15, -0.1) is 12.4 Å². The summed E-state index contributed by atoms with van der Waals surface area (Å²) < 4.78 is 12.2. The Morgan fingerprint density at radius 1 is 0.902 bits per heavy atom. The zero-order valence-corrected chi connectivity index (χ0v) is 24.9. The molecule has 0 radical (unpaired) electrons. The fourth-order valence-electron chi connectivity index (χ4n) is 4.65. The molecular formula is C31H32ClN3O4S2. The number of piperidine rings is 1. The highest BCUT2D eigenvalue weighted by atomic mass is 35.5. The number of primary amides is 1. The predicted molar refractivity (Wildman–Crippen MR) is 171 cm³/mol. The van der Waals surface area contributed by atoms with Gasteiger partial charge in [0, 0.05) is 12.1 Å². The van der Waals surface area contributed by atoms with E-state index >= 15 is 0 Å². The lowest BCUT2D eigenvalue weighted by molar-refractivity contribution is -0.113. The number of anilines is 1. The van der Waals surface area contributed by atoms with E-state index in [1.54, 1.807) is 29.2 Å². The van der Waals surface area contributed by atoms with Crippen molar-refractivity contribution in [3.05, 3.63) is 88.8 Å². The van der Waals surface area contributed by atoms with E-state index in [2.05, 4.69) is 4.90 Å². The minimum atomic E-state index is -0.485. The minimum absolute atomic E-state index is 0. The summed E-state index contributed by atoms with van der Waals surface area (Å²) in [6.45, 7) is 4.14. The van der Waals surface area contributed by atoms with Crippen molar-refractivity contribution in [1.82, 2.24) is 4.90 Å². The summed E-state index contributed by atoms with van der Waals surface area (Å²) in [6.07, 6.45) is 6.77. The Bertz CT molecular complexity index is 1390. The number of carbonyl (C=O) groups excluding carboxylic acids is 2. The van der Waals surface area contributed by atoms with E-state index in [0.29, 0.717) is 32.9 Å². The molecule has 2 aliphatic rings. The third kappa shape index (κ3) is 8.10. The highest BCUT2D eigenvalue weighted by Crippen LogP contribution is 2.37. The largest absolute Gasteiger partial charge is 0.494 e. The summed E-state index contributed by atoms with van der Waals surface area (Å²) in [6, 6.07) is 21.5. The maximum atomic E-state index is 13.2. The Kier molecular flexibility index (Phi) is 10.8. The molecule has 0 unspecified atom stereocenters. The third-order valence-corrected chi connectivity index (χ3v) is 8.08. The molecule has 0 aliphatic carbocycles. The lowest BCUT2D eigenvalue weighted by atomic mass is 10.1. The van der Waals surface area contributed by atoms with Gasteiger partial charge >= 0.3 is 0 Å². The molecule has 41 heavy (non-hydrogen) atoms. The predicted octanol–water partition coefficient (Wildman–Crippen LogP) is 6.66. The number of halogens is 1. The number of thiocarbonyl (C=S) groups is 1. The molecule has 2 amide bonds. The van der Waals surface area contributed by atoms with Crippen molar-refractivity contribution in [2.45, 2.75) is 25.7 Å². The first kappa shape index (κ1) is 30.6. The molecule has 0 spiro atoms. The molecule has 10 heteroatoms. The van der Waals surface area contributed by atoms with Gasteiger partial charge in [0.25, 0.3) is 5.91 Å². The Hall–Kier alpha value is -3.37. The number of ether oxygens (including phenoxy) is 2. The van der Waals surface area contributed by atoms with Crippen LogP contribution in [0.1, 0.15) is 41.6 Å². The standard InChI is InChI=1S/C31H31N3O4S2.ClH/c32-29(35)23-7-13-27(14-8-23)38-26-11-5-22(6-12-26)21-28-30(36)34(31(39)40-28)24-9-15-25(16-10-24)37-20-4-19-33-17-2-1-3-18-33;/h5-16,21H,1-4,17-20H2,(H2,32,35);1H. The van der Waals surface area contributed by atoms with Gasteiger partial charge in [0.15, 0.2) is 4.32 Å². The van der Waals surface area contributed by atoms with E-state index in [0.717, 1.165) is 30.0 Å². The SMILES string of the molecule is Cl.NC(=O)c1ccc(Oc2ccc(C=C3SC(=S)N(c4ccc(OCCCN5CCCCC5)cc4)C3=O)cc2)cc1. The topological polar surface area (TPSA) is 85.1 Å². The zero-order chi connectivity index (χ0) is 27.9. The quantitative estimate of drug-likeness (QED) is 0.156. The number of amides is 2. The molecule has 7 nitrogen and oxygen atoms in total. The molecule has 2 N–H and O–H groups in total. The summed E-state index contributed by atoms with van der Waals surface area (Å²) in [5.41, 5.74) is 7.27. The Morgan fingerprint density at radius 2 is 1.51 bits per heavy atom. The second-order valence-corrected chi connectivity index (χ2v) is 11.4. The average molecular weight is 610 g/mol. The summed E-state index contributed by atoms with van der Waals surface area (Å²) in [5.74, 6) is 1.37. The van der Waals surface area contributed by atoms with Crippen LogP contribution in [0.2, 0.25) is 0 Å². The van der Waals surface area contributed by atoms with Crippen LogP contribution >= 0.6 is 36.4 Å². The second-order valence-electron chi connectivity index (χ2n) is 9.68. The van der Waals surface area contributed by atoms with Crippen LogP contribution in [0.5, 0.6) is 17.2 Å². The molecule has 2 saturated heterocycles. The first-order valence-corrected chi connectivity index (χ1v) is 14.6. The van der Waals surface area contributed by atoms with Gasteiger partial charge in [-0.1, -0.05) is 42.5 Å². The molecule has 5 rings (SSSR count). The second kappa shape index (κ2) is 14.5. The van der Waals surface area contributed by atoms with E-state index in [1.165, 1.54) is 44.1 Å². The van der Waals surface area contributed by atoms with Gasteiger partial charge in [-0.3, -0.25) is 14.5 Å². The van der Waals surface area contributed by atoms with Gasteiger partial charge in [0.05, 0.1) is 17.2 Å². The summed E-state index contributed by atoms with van der Waals surface area (Å²) in [4.78, 5) is 29.1. The molecule has 2 aliphatic heterocycles. The normalized spacial score (nSPS) is 16.5. The Balaban J connectivity index is 0.00000387. The fourth-order valence-corrected chi connectivity index (χ4v) is 5.95. The van der Waals surface area contributed by atoms with E-state index in [1.807, 2.05) is 54.6 Å². The number of nitrogens with zero attached hydrogens (tertiary/aromatic N) is 2. The summed E-state index contributed by atoms with van der Waals surface area (Å²) >= 11 is 6.82. The molecule has 2 heterocycles. The molecule has 0 saturated carbocycles. The number of benzene rings is 3. The average Bonchev–Trinajstić information content (AvgIpc) is 3.25. The molecule has 2 fully saturated rings. The molecular weight excluding hydrogens is 578 g/mol. The summed E-state index contributed by atoms with van der Waals surface area (Å²) in [5, 5.41) is 0. The molecule has 0 atom stereocenters. The van der Waals surface area contributed by atoms with Crippen LogP contribution in [0.25, 0.3) is 6.08 Å². The molecule has 3 aromatic carbocycles. The first-order valence-electron chi connectivity index (χ1n) is 13.4. The molecule has 0 bridgehead atoms. The van der Waals surface area contributed by atoms with Gasteiger partial charge in [-0.25, -0.2) is 0 Å². The number of thioether (sulfide) groups is 1. The van der Waals surface area contributed by atoms with Gasteiger partial charge in [0.1, 0.15) is 17.2 Å². The highest BCUT2D eigenvalue weighted by molar-refractivity contribution is 8.27. The van der Waals surface area contributed by atoms with E-state index in [4.69, 9.17) is 27.4 Å². The van der Waals surface area contributed by atoms with Gasteiger partial charge in [0.2, 0.25) is 5.91 Å². The number of hydrogen-bond acceptors (Lipinski definition) is 7. The lowest BCUT2D eigenvalue weighted by Gasteiger charge is -2.26. The van der Waals surface area contributed by atoms with Crippen molar-refractivity contribution in [1.29, 1.82) is 0 Å². The third-order valence-electron chi connectivity index (χ3n) is 6.78. The molecule has 3 aromatic rings. The van der Waals surface area contributed by atoms with Crippen LogP contribution < -0.4 is 20.1 Å². The van der Waals surface area contributed by atoms with E-state index in [9.17, 15) is 9.59 Å². The van der Waals surface area contributed by atoms with Crippen LogP contribution in [-0.4, -0.2) is 47.3 Å². The number of rotatable bonds is 10. The van der Waals surface area contributed by atoms with Crippen molar-refractivity contribution in [3.8, 4) is 17.2 Å². The Labute approximate surface area is 256 Å².